The molecule has 29 heavy (non-hydrogen) atoms. The Hall–Kier alpha value is -2.78. The number of rotatable bonds is 7. The minimum atomic E-state index is -0.397. The number of halogens is 1. The van der Waals surface area contributed by atoms with Crippen molar-refractivity contribution in [1.29, 1.82) is 0 Å². The van der Waals surface area contributed by atoms with E-state index in [9.17, 15) is 9.18 Å². The molecule has 1 aliphatic rings. The maximum atomic E-state index is 13.8. The van der Waals surface area contributed by atoms with Crippen molar-refractivity contribution in [3.63, 3.8) is 0 Å². The Bertz CT molecular complexity index is 956. The topological polar surface area (TPSA) is 60.0 Å². The predicted octanol–water partition coefficient (Wildman–Crippen LogP) is 4.12. The van der Waals surface area contributed by atoms with Crippen LogP contribution >= 0.6 is 24.0 Å². The minimum Gasteiger partial charge on any atom is -0.493 e. The number of carbonyl (C=O) groups is 1. The maximum Gasteiger partial charge on any atom is 0.267 e. The molecular weight excluding hydrogens is 415 g/mol. The quantitative estimate of drug-likeness (QED) is 0.520. The van der Waals surface area contributed by atoms with Gasteiger partial charge in [0.1, 0.15) is 10.1 Å². The molecule has 6 nitrogen and oxygen atoms in total. The average molecular weight is 435 g/mol. The first kappa shape index (κ1) is 20.9. The Morgan fingerprint density at radius 3 is 2.38 bits per heavy atom. The van der Waals surface area contributed by atoms with Gasteiger partial charge < -0.3 is 19.5 Å². The van der Waals surface area contributed by atoms with Crippen molar-refractivity contribution >= 4 is 46.0 Å². The van der Waals surface area contributed by atoms with Crippen molar-refractivity contribution in [3.05, 3.63) is 52.7 Å². The summed E-state index contributed by atoms with van der Waals surface area (Å²) in [4.78, 5) is 14.6. The normalized spacial score (nSPS) is 15.0. The maximum absolute atomic E-state index is 13.8. The van der Waals surface area contributed by atoms with Crippen LogP contribution < -0.4 is 19.5 Å². The first-order chi connectivity index (χ1) is 14.0. The third kappa shape index (κ3) is 4.46. The van der Waals surface area contributed by atoms with Crippen molar-refractivity contribution in [2.24, 2.45) is 0 Å². The van der Waals surface area contributed by atoms with Crippen LogP contribution in [-0.4, -0.2) is 43.1 Å². The molecule has 1 aliphatic heterocycles. The first-order valence-corrected chi connectivity index (χ1v) is 9.74. The number of carbonyl (C=O) groups excluding carboxylic acids is 1. The smallest absolute Gasteiger partial charge is 0.267 e. The van der Waals surface area contributed by atoms with Crippen molar-refractivity contribution in [2.75, 3.05) is 33.3 Å². The molecular formula is C20H19FN2O4S2. The highest BCUT2D eigenvalue weighted by molar-refractivity contribution is 8.26. The van der Waals surface area contributed by atoms with Crippen molar-refractivity contribution in [3.8, 4) is 17.2 Å². The number of methoxy groups -OCH3 is 3. The number of para-hydroxylation sites is 1. The Labute approximate surface area is 177 Å². The van der Waals surface area contributed by atoms with Gasteiger partial charge in [0.05, 0.1) is 38.6 Å². The lowest BCUT2D eigenvalue weighted by molar-refractivity contribution is -0.121. The zero-order valence-corrected chi connectivity index (χ0v) is 17.7. The lowest BCUT2D eigenvalue weighted by atomic mass is 10.1. The molecule has 1 fully saturated rings. The molecule has 0 bridgehead atoms. The molecule has 0 aromatic heterocycles. The molecule has 0 spiro atoms. The molecule has 3 rings (SSSR count). The van der Waals surface area contributed by atoms with Crippen LogP contribution in [-0.2, 0) is 4.79 Å². The van der Waals surface area contributed by atoms with Gasteiger partial charge in [-0.25, -0.2) is 4.39 Å². The second-order valence-electron chi connectivity index (χ2n) is 5.88. The Morgan fingerprint density at radius 2 is 1.79 bits per heavy atom. The molecule has 1 amide bonds. The monoisotopic (exact) mass is 434 g/mol. The number of nitrogens with one attached hydrogen (secondary N) is 1. The number of thiocarbonyl (C=S) groups is 1. The van der Waals surface area contributed by atoms with Crippen LogP contribution in [0.3, 0.4) is 0 Å². The van der Waals surface area contributed by atoms with Gasteiger partial charge in [-0.3, -0.25) is 9.69 Å². The van der Waals surface area contributed by atoms with Gasteiger partial charge in [0.15, 0.2) is 11.5 Å². The molecule has 0 radical (unpaired) electrons. The predicted molar refractivity (Wildman–Crippen MR) is 116 cm³/mol. The number of anilines is 1. The zero-order chi connectivity index (χ0) is 21.0. The zero-order valence-electron chi connectivity index (χ0n) is 16.0. The van der Waals surface area contributed by atoms with E-state index in [2.05, 4.69) is 5.32 Å². The summed E-state index contributed by atoms with van der Waals surface area (Å²) in [6, 6.07) is 9.73. The third-order valence-corrected chi connectivity index (χ3v) is 5.54. The number of hydrogen-bond acceptors (Lipinski definition) is 7. The van der Waals surface area contributed by atoms with E-state index in [4.69, 9.17) is 26.4 Å². The summed E-state index contributed by atoms with van der Waals surface area (Å²) in [5.41, 5.74) is 0.997. The summed E-state index contributed by atoms with van der Waals surface area (Å²) in [6.07, 6.45) is 1.70. The average Bonchev–Trinajstić information content (AvgIpc) is 2.99. The van der Waals surface area contributed by atoms with E-state index in [0.717, 1.165) is 0 Å². The van der Waals surface area contributed by atoms with Crippen LogP contribution in [0.5, 0.6) is 17.2 Å². The van der Waals surface area contributed by atoms with Gasteiger partial charge in [-0.15, -0.1) is 0 Å². The fourth-order valence-electron chi connectivity index (χ4n) is 2.74. The molecule has 1 saturated heterocycles. The number of hydrogen-bond donors (Lipinski definition) is 1. The highest BCUT2D eigenvalue weighted by atomic mass is 32.2. The van der Waals surface area contributed by atoms with E-state index < -0.39 is 5.82 Å². The van der Waals surface area contributed by atoms with E-state index in [0.29, 0.717) is 37.7 Å². The fourth-order valence-corrected chi connectivity index (χ4v) is 4.00. The Kier molecular flexibility index (Phi) is 6.60. The van der Waals surface area contributed by atoms with Crippen molar-refractivity contribution < 1.29 is 23.4 Å². The van der Waals surface area contributed by atoms with E-state index in [-0.39, 0.29) is 12.6 Å². The molecule has 152 valence electrons. The number of benzene rings is 2. The summed E-state index contributed by atoms with van der Waals surface area (Å²) in [5.74, 6) is 0.766. The largest absolute Gasteiger partial charge is 0.493 e. The summed E-state index contributed by atoms with van der Waals surface area (Å²) in [5, 5.41) is 2.90. The van der Waals surface area contributed by atoms with Crippen molar-refractivity contribution in [2.45, 2.75) is 0 Å². The molecule has 0 atom stereocenters. The van der Waals surface area contributed by atoms with Crippen LogP contribution in [0.1, 0.15) is 5.56 Å². The molecule has 9 heteroatoms. The number of nitrogens with zero attached hydrogens (tertiary/aromatic N) is 1. The van der Waals surface area contributed by atoms with Gasteiger partial charge in [0.25, 0.3) is 5.91 Å². The van der Waals surface area contributed by atoms with Crippen LogP contribution in [0.25, 0.3) is 6.08 Å². The van der Waals surface area contributed by atoms with Crippen molar-refractivity contribution in [1.82, 2.24) is 4.90 Å². The number of thioether (sulfide) groups is 1. The first-order valence-electron chi connectivity index (χ1n) is 8.52. The molecule has 0 unspecified atom stereocenters. The van der Waals surface area contributed by atoms with Crippen LogP contribution in [0.15, 0.2) is 41.3 Å². The standard InChI is InChI=1S/C20H19FN2O4S2/c1-25-15-8-12(9-16(26-2)18(15)27-3)10-17-19(24)23(20(28)29-17)11-22-14-7-5-4-6-13(14)21/h4-10,22H,11H2,1-3H3/b17-10+. The van der Waals surface area contributed by atoms with E-state index in [1.807, 2.05) is 0 Å². The van der Waals surface area contributed by atoms with Gasteiger partial charge in [-0.1, -0.05) is 36.1 Å². The summed E-state index contributed by atoms with van der Waals surface area (Å²) >= 11 is 6.50. The Morgan fingerprint density at radius 1 is 1.14 bits per heavy atom. The number of amides is 1. The SMILES string of the molecule is COc1cc(/C=C2/SC(=S)N(CNc3ccccc3F)C2=O)cc(OC)c1OC. The minimum absolute atomic E-state index is 0.0677. The molecule has 1 N–H and O–H groups in total. The summed E-state index contributed by atoms with van der Waals surface area (Å²) in [6.45, 7) is 0.0677. The lowest BCUT2D eigenvalue weighted by Gasteiger charge is -2.16. The third-order valence-electron chi connectivity index (χ3n) is 4.16. The van der Waals surface area contributed by atoms with E-state index in [1.165, 1.54) is 44.1 Å². The number of ether oxygens (including phenoxy) is 3. The highest BCUT2D eigenvalue weighted by Gasteiger charge is 2.32. The van der Waals surface area contributed by atoms with Crippen LogP contribution in [0.2, 0.25) is 0 Å². The van der Waals surface area contributed by atoms with Crippen LogP contribution in [0, 0.1) is 5.82 Å². The molecule has 0 saturated carbocycles. The molecule has 1 heterocycles. The summed E-state index contributed by atoms with van der Waals surface area (Å²) < 4.78 is 30.2. The Balaban J connectivity index is 1.82. The van der Waals surface area contributed by atoms with Gasteiger partial charge in [-0.2, -0.15) is 0 Å². The van der Waals surface area contributed by atoms with E-state index >= 15 is 0 Å². The lowest BCUT2D eigenvalue weighted by Crippen LogP contribution is -2.33. The molecule has 0 aliphatic carbocycles. The second-order valence-corrected chi connectivity index (χ2v) is 7.56. The molecule has 2 aromatic carbocycles. The summed E-state index contributed by atoms with van der Waals surface area (Å²) in [7, 11) is 4.57. The highest BCUT2D eigenvalue weighted by Crippen LogP contribution is 2.40. The van der Waals surface area contributed by atoms with E-state index in [1.54, 1.807) is 36.4 Å². The molecule has 2 aromatic rings. The fraction of sp³-hybridized carbons (Fsp3) is 0.200. The van der Waals surface area contributed by atoms with Gasteiger partial charge >= 0.3 is 0 Å². The van der Waals surface area contributed by atoms with Gasteiger partial charge in [0, 0.05) is 0 Å². The second kappa shape index (κ2) is 9.15. The van der Waals surface area contributed by atoms with Crippen LogP contribution in [0.4, 0.5) is 10.1 Å². The van der Waals surface area contributed by atoms with Gasteiger partial charge in [0.2, 0.25) is 5.75 Å². The van der Waals surface area contributed by atoms with Gasteiger partial charge in [-0.05, 0) is 35.9 Å².